The molecule has 0 aromatic carbocycles. The van der Waals surface area contributed by atoms with E-state index in [2.05, 4.69) is 33.5 Å². The topological polar surface area (TPSA) is 59.7 Å². The van der Waals surface area contributed by atoms with Crippen LogP contribution in [0.1, 0.15) is 0 Å². The summed E-state index contributed by atoms with van der Waals surface area (Å²) in [6.07, 6.45) is 7.07. The average Bonchev–Trinajstić information content (AvgIpc) is 2.24. The van der Waals surface area contributed by atoms with Gasteiger partial charge in [0, 0.05) is 17.1 Å². The fraction of sp³-hybridized carbons (Fsp3) is 0. The van der Waals surface area contributed by atoms with Crippen LogP contribution >= 0.6 is 0 Å². The molecule has 13 heavy (non-hydrogen) atoms. The summed E-state index contributed by atoms with van der Waals surface area (Å²) in [5.41, 5.74) is 0. The second kappa shape index (κ2) is 104. The molecule has 0 aromatic heterocycles. The van der Waals surface area contributed by atoms with E-state index in [1.807, 2.05) is 12.8 Å². The Morgan fingerprint density at radius 3 is 1.23 bits per heavy atom. The van der Waals surface area contributed by atoms with Crippen LogP contribution in [0.3, 0.4) is 0 Å². The Labute approximate surface area is 90.2 Å². The second-order valence-electron chi connectivity index (χ2n) is 0.856. The maximum absolute atomic E-state index is 7.50. The molecule has 0 atom stereocenters. The van der Waals surface area contributed by atoms with E-state index in [9.17, 15) is 0 Å². The van der Waals surface area contributed by atoms with E-state index in [1.54, 1.807) is 12.5 Å². The van der Waals surface area contributed by atoms with Crippen LogP contribution in [-0.2, 0) is 31.0 Å². The maximum atomic E-state index is 7.50. The number of unbranched alkanes of at least 4 members (excludes halogenated alkanes) is 2. The van der Waals surface area contributed by atoms with Gasteiger partial charge in [-0.15, -0.1) is 6.58 Å². The fourth-order valence-electron chi connectivity index (χ4n) is 0.157. The number of hydrogen-bond donors (Lipinski definition) is 0. The van der Waals surface area contributed by atoms with Crippen LogP contribution in [-0.4, -0.2) is 0 Å². The summed E-state index contributed by atoms with van der Waals surface area (Å²) in [5.74, 6) is 0. The van der Waals surface area contributed by atoms with Gasteiger partial charge in [0.2, 0.25) is 0 Å². The van der Waals surface area contributed by atoms with Crippen LogP contribution in [0.15, 0.2) is 12.7 Å². The van der Waals surface area contributed by atoms with Gasteiger partial charge in [-0.25, -0.2) is 0 Å². The zero-order valence-corrected chi connectivity index (χ0v) is 7.91. The van der Waals surface area contributed by atoms with Gasteiger partial charge in [0.1, 0.15) is 0 Å². The molecule has 4 radical (unpaired) electrons. The van der Waals surface area contributed by atoms with Gasteiger partial charge in [-0.2, -0.15) is 0 Å². The molecule has 0 N–H and O–H groups in total. The minimum Gasteiger partial charge on any atom is -0.103 e. The molecule has 0 rings (SSSR count). The first-order valence-corrected chi connectivity index (χ1v) is 2.43. The van der Waals surface area contributed by atoms with E-state index in [4.69, 9.17) is 14.0 Å². The van der Waals surface area contributed by atoms with Gasteiger partial charge < -0.3 is 0 Å². The molecule has 4 heteroatoms. The van der Waals surface area contributed by atoms with Gasteiger partial charge in [0.15, 0.2) is 0 Å². The molecule has 0 aliphatic carbocycles. The van der Waals surface area contributed by atoms with Crippen LogP contribution in [0.5, 0.6) is 0 Å². The van der Waals surface area contributed by atoms with Crippen molar-refractivity contribution in [2.45, 2.75) is 0 Å². The average molecular weight is 220 g/mol. The Kier molecular flexibility index (Phi) is 235. The minimum absolute atomic E-state index is 0. The van der Waals surface area contributed by atoms with Crippen LogP contribution in [0.25, 0.3) is 0 Å². The molecule has 0 bridgehead atoms. The van der Waals surface area contributed by atoms with Crippen molar-refractivity contribution in [1.29, 1.82) is 0 Å². The van der Waals surface area contributed by atoms with E-state index in [0.29, 0.717) is 0 Å². The Morgan fingerprint density at radius 1 is 0.846 bits per heavy atom. The molecule has 0 aromatic rings. The summed E-state index contributed by atoms with van der Waals surface area (Å²) < 4.78 is 22.5. The van der Waals surface area contributed by atoms with Gasteiger partial charge in [-0.05, 0) is 26.2 Å². The third-order valence-corrected chi connectivity index (χ3v) is 0.383. The fourth-order valence-corrected chi connectivity index (χ4v) is 0.157. The van der Waals surface area contributed by atoms with Crippen molar-refractivity contribution in [3.63, 3.8) is 0 Å². The normalized spacial score (nSPS) is 4.23. The summed E-state index contributed by atoms with van der Waals surface area (Å²) in [4.78, 5) is 0. The largest absolute Gasteiger partial charge is 0.103 e. The summed E-state index contributed by atoms with van der Waals surface area (Å²) in [6.45, 7) is 20.4. The molecule has 0 saturated carbocycles. The first-order valence-electron chi connectivity index (χ1n) is 2.43. The molecule has 0 unspecified atom stereocenters. The maximum Gasteiger partial charge on any atom is 0 e. The molecular formula is C9H8FeO3. The Balaban J connectivity index is -0.0000000263. The van der Waals surface area contributed by atoms with Gasteiger partial charge in [0.25, 0.3) is 0 Å². The van der Waals surface area contributed by atoms with Crippen molar-refractivity contribution in [1.82, 2.24) is 0 Å². The molecule has 0 aliphatic rings. The SMILES string of the molecule is [C-]#[O+].[C-]#[O+].[C-]#[O+].[CH2][CH][CH][CH]C=C.[Fe]. The second-order valence-corrected chi connectivity index (χ2v) is 0.856. The number of allylic oxidation sites excluding steroid dienone is 1. The van der Waals surface area contributed by atoms with Crippen molar-refractivity contribution in [2.24, 2.45) is 0 Å². The van der Waals surface area contributed by atoms with E-state index in [-0.39, 0.29) is 17.1 Å². The standard InChI is InChI=1S/C6H8.3CO.Fe/c1-3-5-6-4-2;3*1-2;/h3-6H,1-2H2;;;;. The van der Waals surface area contributed by atoms with Gasteiger partial charge in [-0.1, -0.05) is 6.08 Å². The number of rotatable bonds is 3. The minimum atomic E-state index is 0. The summed E-state index contributed by atoms with van der Waals surface area (Å²) in [7, 11) is 0. The first-order chi connectivity index (χ1) is 5.91. The molecule has 3 nitrogen and oxygen atoms in total. The Morgan fingerprint density at radius 2 is 1.15 bits per heavy atom. The van der Waals surface area contributed by atoms with Crippen molar-refractivity contribution >= 4 is 0 Å². The third-order valence-electron chi connectivity index (χ3n) is 0.383. The zero-order valence-electron chi connectivity index (χ0n) is 6.80. The summed E-state index contributed by atoms with van der Waals surface area (Å²) in [6, 6.07) is 0. The Hall–Kier alpha value is -0.521. The molecule has 0 aliphatic heterocycles. The van der Waals surface area contributed by atoms with Gasteiger partial charge >= 0.3 is 33.9 Å². The molecule has 0 saturated heterocycles. The molecule has 70 valence electrons. The van der Waals surface area contributed by atoms with E-state index in [1.165, 1.54) is 0 Å². The monoisotopic (exact) mass is 220 g/mol. The first kappa shape index (κ1) is 29.4. The van der Waals surface area contributed by atoms with E-state index < -0.39 is 0 Å². The zero-order chi connectivity index (χ0) is 10.8. The predicted molar refractivity (Wildman–Crippen MR) is 40.2 cm³/mol. The van der Waals surface area contributed by atoms with Crippen molar-refractivity contribution < 1.29 is 31.0 Å². The third kappa shape index (κ3) is 168. The summed E-state index contributed by atoms with van der Waals surface area (Å²) in [5, 5.41) is 0. The van der Waals surface area contributed by atoms with Crippen molar-refractivity contribution in [3.8, 4) is 0 Å². The van der Waals surface area contributed by atoms with Gasteiger partial charge in [0.05, 0.1) is 0 Å². The molecule has 0 amide bonds. The van der Waals surface area contributed by atoms with E-state index >= 15 is 0 Å². The smallest absolute Gasteiger partial charge is 0 e. The van der Waals surface area contributed by atoms with Crippen LogP contribution < -0.4 is 0 Å². The molecule has 0 fully saturated rings. The number of hydrogen-bond acceptors (Lipinski definition) is 0. The molecule has 0 heterocycles. The van der Waals surface area contributed by atoms with Crippen LogP contribution in [0.4, 0.5) is 0 Å². The predicted octanol–water partition coefficient (Wildman–Crippen LogP) is 1.50. The Bertz CT molecular complexity index is 101. The van der Waals surface area contributed by atoms with E-state index in [0.717, 1.165) is 0 Å². The quantitative estimate of drug-likeness (QED) is 0.299. The summed E-state index contributed by atoms with van der Waals surface area (Å²) >= 11 is 0. The van der Waals surface area contributed by atoms with Crippen LogP contribution in [0, 0.1) is 46.1 Å². The molecule has 0 spiro atoms. The van der Waals surface area contributed by atoms with Gasteiger partial charge in [-0.3, -0.25) is 0 Å². The van der Waals surface area contributed by atoms with Crippen molar-refractivity contribution in [2.75, 3.05) is 0 Å². The molecular weight excluding hydrogens is 212 g/mol. The van der Waals surface area contributed by atoms with Crippen molar-refractivity contribution in [3.05, 3.63) is 58.8 Å². The van der Waals surface area contributed by atoms with Crippen LogP contribution in [0.2, 0.25) is 0 Å².